The minimum atomic E-state index is -0.0165. The lowest BCUT2D eigenvalue weighted by molar-refractivity contribution is -0.134. The fourth-order valence-corrected chi connectivity index (χ4v) is 4.01. The Morgan fingerprint density at radius 3 is 2.61 bits per heavy atom. The predicted octanol–water partition coefficient (Wildman–Crippen LogP) is 2.41. The Bertz CT molecular complexity index is 680. The molecule has 1 aromatic rings. The maximum absolute atomic E-state index is 12.5. The van der Waals surface area contributed by atoms with E-state index >= 15 is 0 Å². The first kappa shape index (κ1) is 20.5. The zero-order valence-electron chi connectivity index (χ0n) is 16.8. The molecule has 154 valence electrons. The van der Waals surface area contributed by atoms with Gasteiger partial charge in [-0.15, -0.1) is 0 Å². The van der Waals surface area contributed by atoms with Gasteiger partial charge in [-0.2, -0.15) is 0 Å². The SMILES string of the molecule is COc1ccc(NC(=O)CCC2CCN(C(=O)[C@@H]3CCCN3)CC2)c(OC)c1. The Labute approximate surface area is 166 Å². The van der Waals surface area contributed by atoms with Crippen molar-refractivity contribution in [3.05, 3.63) is 18.2 Å². The van der Waals surface area contributed by atoms with Crippen LogP contribution in [0.1, 0.15) is 38.5 Å². The largest absolute Gasteiger partial charge is 0.497 e. The highest BCUT2D eigenvalue weighted by atomic mass is 16.5. The first-order chi connectivity index (χ1) is 13.6. The van der Waals surface area contributed by atoms with Gasteiger partial charge < -0.3 is 25.0 Å². The van der Waals surface area contributed by atoms with Crippen molar-refractivity contribution in [2.45, 2.75) is 44.6 Å². The molecule has 2 aliphatic heterocycles. The summed E-state index contributed by atoms with van der Waals surface area (Å²) < 4.78 is 10.5. The summed E-state index contributed by atoms with van der Waals surface area (Å²) in [7, 11) is 3.16. The molecular weight excluding hydrogens is 358 g/mol. The summed E-state index contributed by atoms with van der Waals surface area (Å²) in [5.41, 5.74) is 0.651. The molecule has 0 unspecified atom stereocenters. The van der Waals surface area contributed by atoms with Crippen LogP contribution in [0.5, 0.6) is 11.5 Å². The van der Waals surface area contributed by atoms with Gasteiger partial charge in [-0.05, 0) is 56.7 Å². The van der Waals surface area contributed by atoms with Crippen LogP contribution in [0.4, 0.5) is 5.69 Å². The number of nitrogens with one attached hydrogen (secondary N) is 2. The quantitative estimate of drug-likeness (QED) is 0.749. The summed E-state index contributed by atoms with van der Waals surface area (Å²) in [4.78, 5) is 26.8. The minimum absolute atomic E-state index is 0.0156. The van der Waals surface area contributed by atoms with Crippen LogP contribution >= 0.6 is 0 Å². The maximum atomic E-state index is 12.5. The van der Waals surface area contributed by atoms with E-state index < -0.39 is 0 Å². The molecule has 0 bridgehead atoms. The van der Waals surface area contributed by atoms with E-state index in [0.717, 1.165) is 51.7 Å². The van der Waals surface area contributed by atoms with Gasteiger partial charge in [0.15, 0.2) is 0 Å². The maximum Gasteiger partial charge on any atom is 0.239 e. The number of amides is 2. The number of likely N-dealkylation sites (tertiary alicyclic amines) is 1. The molecule has 2 heterocycles. The molecule has 2 N–H and O–H groups in total. The molecule has 7 heteroatoms. The van der Waals surface area contributed by atoms with Crippen molar-refractivity contribution in [2.24, 2.45) is 5.92 Å². The van der Waals surface area contributed by atoms with E-state index in [2.05, 4.69) is 10.6 Å². The molecule has 0 saturated carbocycles. The van der Waals surface area contributed by atoms with Crippen LogP contribution in [0.25, 0.3) is 0 Å². The highest BCUT2D eigenvalue weighted by molar-refractivity contribution is 5.92. The average molecular weight is 389 g/mol. The second-order valence-corrected chi connectivity index (χ2v) is 7.57. The van der Waals surface area contributed by atoms with E-state index in [1.807, 2.05) is 4.90 Å². The van der Waals surface area contributed by atoms with Crippen molar-refractivity contribution in [1.82, 2.24) is 10.2 Å². The van der Waals surface area contributed by atoms with Gasteiger partial charge in [0, 0.05) is 25.6 Å². The van der Waals surface area contributed by atoms with Crippen molar-refractivity contribution in [3.63, 3.8) is 0 Å². The Morgan fingerprint density at radius 2 is 1.96 bits per heavy atom. The van der Waals surface area contributed by atoms with Crippen molar-refractivity contribution >= 4 is 17.5 Å². The zero-order valence-corrected chi connectivity index (χ0v) is 16.8. The predicted molar refractivity (Wildman–Crippen MR) is 108 cm³/mol. The summed E-state index contributed by atoms with van der Waals surface area (Å²) in [6.07, 6.45) is 5.29. The second-order valence-electron chi connectivity index (χ2n) is 7.57. The van der Waals surface area contributed by atoms with Gasteiger partial charge in [0.05, 0.1) is 25.9 Å². The number of carbonyl (C=O) groups is 2. The van der Waals surface area contributed by atoms with E-state index in [1.54, 1.807) is 32.4 Å². The number of ether oxygens (including phenoxy) is 2. The number of rotatable bonds is 7. The Kier molecular flexibility index (Phi) is 7.14. The van der Waals surface area contributed by atoms with Gasteiger partial charge in [-0.1, -0.05) is 0 Å². The molecule has 1 atom stereocenters. The summed E-state index contributed by atoms with van der Waals surface area (Å²) >= 11 is 0. The van der Waals surface area contributed by atoms with Gasteiger partial charge in [0.1, 0.15) is 11.5 Å². The number of hydrogen-bond donors (Lipinski definition) is 2. The van der Waals surface area contributed by atoms with Crippen molar-refractivity contribution in [1.29, 1.82) is 0 Å². The molecule has 0 spiro atoms. The monoisotopic (exact) mass is 389 g/mol. The van der Waals surface area contributed by atoms with E-state index in [0.29, 0.717) is 29.5 Å². The molecule has 2 saturated heterocycles. The Balaban J connectivity index is 1.41. The molecule has 2 aliphatic rings. The molecule has 2 fully saturated rings. The van der Waals surface area contributed by atoms with Crippen LogP contribution in [-0.2, 0) is 9.59 Å². The van der Waals surface area contributed by atoms with Gasteiger partial charge in [-0.25, -0.2) is 0 Å². The topological polar surface area (TPSA) is 79.9 Å². The van der Waals surface area contributed by atoms with Crippen molar-refractivity contribution in [3.8, 4) is 11.5 Å². The molecular formula is C21H31N3O4. The number of carbonyl (C=O) groups excluding carboxylic acids is 2. The molecule has 1 aromatic carbocycles. The summed E-state index contributed by atoms with van der Waals surface area (Å²) in [6, 6.07) is 5.35. The highest BCUT2D eigenvalue weighted by Gasteiger charge is 2.29. The number of nitrogens with zero attached hydrogens (tertiary/aromatic N) is 1. The van der Waals surface area contributed by atoms with Crippen LogP contribution in [0.3, 0.4) is 0 Å². The lowest BCUT2D eigenvalue weighted by Crippen LogP contribution is -2.47. The fraction of sp³-hybridized carbons (Fsp3) is 0.619. The highest BCUT2D eigenvalue weighted by Crippen LogP contribution is 2.29. The summed E-state index contributed by atoms with van der Waals surface area (Å²) in [5.74, 6) is 1.99. The third kappa shape index (κ3) is 5.16. The fourth-order valence-electron chi connectivity index (χ4n) is 4.01. The van der Waals surface area contributed by atoms with Crippen LogP contribution in [-0.4, -0.2) is 56.6 Å². The van der Waals surface area contributed by atoms with Gasteiger partial charge in [0.2, 0.25) is 11.8 Å². The van der Waals surface area contributed by atoms with E-state index in [1.165, 1.54) is 0 Å². The lowest BCUT2D eigenvalue weighted by atomic mass is 9.91. The van der Waals surface area contributed by atoms with E-state index in [9.17, 15) is 9.59 Å². The zero-order chi connectivity index (χ0) is 19.9. The summed E-state index contributed by atoms with van der Waals surface area (Å²) in [6.45, 7) is 2.55. The molecule has 0 aromatic heterocycles. The molecule has 0 radical (unpaired) electrons. The lowest BCUT2D eigenvalue weighted by Gasteiger charge is -2.33. The van der Waals surface area contributed by atoms with Crippen LogP contribution in [0.2, 0.25) is 0 Å². The smallest absolute Gasteiger partial charge is 0.239 e. The third-order valence-corrected chi connectivity index (χ3v) is 5.75. The molecule has 2 amide bonds. The van der Waals surface area contributed by atoms with Crippen molar-refractivity contribution < 1.29 is 19.1 Å². The molecule has 28 heavy (non-hydrogen) atoms. The standard InChI is InChI=1S/C21H31N3O4/c1-27-16-6-7-17(19(14-16)28-2)23-20(25)8-5-15-9-12-24(13-10-15)21(26)18-4-3-11-22-18/h6-7,14-15,18,22H,3-5,8-13H2,1-2H3,(H,23,25)/t18-/m0/s1. The second kappa shape index (κ2) is 9.78. The van der Waals surface area contributed by atoms with Gasteiger partial charge in [-0.3, -0.25) is 9.59 Å². The van der Waals surface area contributed by atoms with E-state index in [4.69, 9.17) is 9.47 Å². The Hall–Kier alpha value is -2.28. The summed E-state index contributed by atoms with van der Waals surface area (Å²) in [5, 5.41) is 6.21. The average Bonchev–Trinajstić information content (AvgIpc) is 3.27. The first-order valence-corrected chi connectivity index (χ1v) is 10.1. The van der Waals surface area contributed by atoms with E-state index in [-0.39, 0.29) is 17.9 Å². The first-order valence-electron chi connectivity index (χ1n) is 10.1. The number of hydrogen-bond acceptors (Lipinski definition) is 5. The van der Waals surface area contributed by atoms with Crippen LogP contribution < -0.4 is 20.1 Å². The molecule has 7 nitrogen and oxygen atoms in total. The molecule has 0 aliphatic carbocycles. The normalized spacial score (nSPS) is 20.1. The number of benzene rings is 1. The van der Waals surface area contributed by atoms with Gasteiger partial charge >= 0.3 is 0 Å². The van der Waals surface area contributed by atoms with Crippen LogP contribution in [0.15, 0.2) is 18.2 Å². The van der Waals surface area contributed by atoms with Crippen molar-refractivity contribution in [2.75, 3.05) is 39.2 Å². The number of anilines is 1. The molecule has 3 rings (SSSR count). The number of methoxy groups -OCH3 is 2. The van der Waals surface area contributed by atoms with Gasteiger partial charge in [0.25, 0.3) is 0 Å². The number of piperidine rings is 1. The third-order valence-electron chi connectivity index (χ3n) is 5.75. The Morgan fingerprint density at radius 1 is 1.18 bits per heavy atom. The van der Waals surface area contributed by atoms with Crippen LogP contribution in [0, 0.1) is 5.92 Å². The minimum Gasteiger partial charge on any atom is -0.497 e.